The minimum atomic E-state index is -0.567. The van der Waals surface area contributed by atoms with E-state index in [0.29, 0.717) is 18.3 Å². The first-order valence-electron chi connectivity index (χ1n) is 4.02. The summed E-state index contributed by atoms with van der Waals surface area (Å²) in [6.07, 6.45) is -1.13. The maximum Gasteiger partial charge on any atom is 0.0938 e. The van der Waals surface area contributed by atoms with E-state index in [4.69, 9.17) is 0 Å². The standard InChI is InChI=1S/C7H15NO2S2/c1-5(12-11)2-8-3-6(9)7(10)4-8/h5-7,9-11H,2-4H2,1H3/t5?,6-,7-/m0/s1. The van der Waals surface area contributed by atoms with Crippen LogP contribution in [-0.2, 0) is 0 Å². The number of likely N-dealkylation sites (tertiary alicyclic amines) is 1. The lowest BCUT2D eigenvalue weighted by atomic mass is 10.3. The predicted octanol–water partition coefficient (Wildman–Crippen LogP) is -0.00970. The normalized spacial score (nSPS) is 34.0. The summed E-state index contributed by atoms with van der Waals surface area (Å²) >= 11 is 4.10. The van der Waals surface area contributed by atoms with Gasteiger partial charge < -0.3 is 10.2 Å². The third-order valence-corrected chi connectivity index (χ3v) is 3.62. The first kappa shape index (κ1) is 10.7. The molecule has 12 heavy (non-hydrogen) atoms. The molecule has 5 heteroatoms. The number of nitrogens with zero attached hydrogens (tertiary/aromatic N) is 1. The van der Waals surface area contributed by atoms with Crippen LogP contribution in [0.3, 0.4) is 0 Å². The van der Waals surface area contributed by atoms with Crippen molar-refractivity contribution < 1.29 is 10.2 Å². The van der Waals surface area contributed by atoms with E-state index in [0.717, 1.165) is 6.54 Å². The van der Waals surface area contributed by atoms with Crippen LogP contribution < -0.4 is 0 Å². The summed E-state index contributed by atoms with van der Waals surface area (Å²) in [4.78, 5) is 2.06. The lowest BCUT2D eigenvalue weighted by Crippen LogP contribution is -2.28. The van der Waals surface area contributed by atoms with Gasteiger partial charge in [-0.15, -0.1) is 11.7 Å². The van der Waals surface area contributed by atoms with Gasteiger partial charge in [0.1, 0.15) is 0 Å². The van der Waals surface area contributed by atoms with E-state index >= 15 is 0 Å². The zero-order chi connectivity index (χ0) is 9.14. The van der Waals surface area contributed by atoms with E-state index < -0.39 is 12.2 Å². The molecule has 0 spiro atoms. The largest absolute Gasteiger partial charge is 0.389 e. The molecule has 1 saturated heterocycles. The Bertz CT molecular complexity index is 137. The van der Waals surface area contributed by atoms with E-state index in [1.54, 1.807) is 0 Å². The van der Waals surface area contributed by atoms with Crippen molar-refractivity contribution in [3.63, 3.8) is 0 Å². The van der Waals surface area contributed by atoms with Gasteiger partial charge in [-0.05, 0) is 0 Å². The van der Waals surface area contributed by atoms with Crippen molar-refractivity contribution in [1.82, 2.24) is 4.90 Å². The predicted molar refractivity (Wildman–Crippen MR) is 54.5 cm³/mol. The number of thiol groups is 1. The summed E-state index contributed by atoms with van der Waals surface area (Å²) < 4.78 is 0. The Kier molecular flexibility index (Phi) is 4.19. The minimum absolute atomic E-state index is 0.436. The molecule has 0 bridgehead atoms. The smallest absolute Gasteiger partial charge is 0.0938 e. The number of hydrogen-bond acceptors (Lipinski definition) is 5. The quantitative estimate of drug-likeness (QED) is 0.452. The van der Waals surface area contributed by atoms with E-state index in [1.165, 1.54) is 10.8 Å². The molecule has 0 saturated carbocycles. The average molecular weight is 209 g/mol. The number of rotatable bonds is 3. The molecule has 0 radical (unpaired) electrons. The maximum atomic E-state index is 9.24. The molecule has 0 aromatic carbocycles. The molecular weight excluding hydrogens is 194 g/mol. The lowest BCUT2D eigenvalue weighted by Gasteiger charge is -2.17. The Hall–Kier alpha value is 0.580. The summed E-state index contributed by atoms with van der Waals surface area (Å²) in [6, 6.07) is 0. The van der Waals surface area contributed by atoms with Gasteiger partial charge in [-0.25, -0.2) is 0 Å². The second kappa shape index (κ2) is 4.72. The third kappa shape index (κ3) is 2.81. The van der Waals surface area contributed by atoms with Crippen molar-refractivity contribution in [1.29, 1.82) is 0 Å². The van der Waals surface area contributed by atoms with Crippen LogP contribution in [0.1, 0.15) is 6.92 Å². The molecule has 3 nitrogen and oxygen atoms in total. The second-order valence-electron chi connectivity index (χ2n) is 3.27. The molecule has 2 N–H and O–H groups in total. The molecule has 3 atom stereocenters. The first-order valence-corrected chi connectivity index (χ1v) is 5.95. The van der Waals surface area contributed by atoms with Crippen LogP contribution in [0.25, 0.3) is 0 Å². The van der Waals surface area contributed by atoms with Crippen LogP contribution in [0.4, 0.5) is 0 Å². The fraction of sp³-hybridized carbons (Fsp3) is 1.00. The van der Waals surface area contributed by atoms with Gasteiger partial charge in [-0.1, -0.05) is 17.7 Å². The average Bonchev–Trinajstić information content (AvgIpc) is 2.31. The molecule has 1 heterocycles. The molecule has 1 aliphatic heterocycles. The Balaban J connectivity index is 2.27. The minimum Gasteiger partial charge on any atom is -0.389 e. The second-order valence-corrected chi connectivity index (χ2v) is 4.92. The van der Waals surface area contributed by atoms with Gasteiger partial charge in [-0.2, -0.15) is 0 Å². The molecule has 0 aliphatic carbocycles. The Morgan fingerprint density at radius 3 is 2.42 bits per heavy atom. The van der Waals surface area contributed by atoms with Crippen LogP contribution in [-0.4, -0.2) is 52.2 Å². The maximum absolute atomic E-state index is 9.24. The van der Waals surface area contributed by atoms with Gasteiger partial charge in [0, 0.05) is 24.9 Å². The van der Waals surface area contributed by atoms with Crippen molar-refractivity contribution >= 4 is 22.5 Å². The van der Waals surface area contributed by atoms with Crippen LogP contribution in [0.2, 0.25) is 0 Å². The van der Waals surface area contributed by atoms with Crippen LogP contribution in [0, 0.1) is 0 Å². The van der Waals surface area contributed by atoms with Crippen LogP contribution >= 0.6 is 22.5 Å². The number of aliphatic hydroxyl groups excluding tert-OH is 2. The van der Waals surface area contributed by atoms with Crippen molar-refractivity contribution in [3.05, 3.63) is 0 Å². The SMILES string of the molecule is CC(CN1C[C@H](O)[C@@H](O)C1)SS. The molecule has 0 aromatic heterocycles. The third-order valence-electron chi connectivity index (χ3n) is 2.03. The highest BCUT2D eigenvalue weighted by atomic mass is 33.1. The van der Waals surface area contributed by atoms with Crippen LogP contribution in [0.15, 0.2) is 0 Å². The summed E-state index contributed by atoms with van der Waals surface area (Å²) in [5.41, 5.74) is 0. The van der Waals surface area contributed by atoms with Gasteiger partial charge in [0.05, 0.1) is 12.2 Å². The fourth-order valence-electron chi connectivity index (χ4n) is 1.39. The van der Waals surface area contributed by atoms with E-state index in [-0.39, 0.29) is 0 Å². The highest BCUT2D eigenvalue weighted by molar-refractivity contribution is 8.68. The topological polar surface area (TPSA) is 43.7 Å². The molecule has 72 valence electrons. The molecule has 0 aromatic rings. The Morgan fingerprint density at radius 1 is 1.50 bits per heavy atom. The first-order chi connectivity index (χ1) is 5.63. The van der Waals surface area contributed by atoms with Crippen molar-refractivity contribution in [3.8, 4) is 0 Å². The fourth-order valence-corrected chi connectivity index (χ4v) is 1.87. The van der Waals surface area contributed by atoms with Gasteiger partial charge in [0.25, 0.3) is 0 Å². The van der Waals surface area contributed by atoms with Crippen LogP contribution in [0.5, 0.6) is 0 Å². The summed E-state index contributed by atoms with van der Waals surface area (Å²) in [6.45, 7) is 4.12. The lowest BCUT2D eigenvalue weighted by molar-refractivity contribution is 0.0572. The van der Waals surface area contributed by atoms with Gasteiger partial charge in [0.15, 0.2) is 0 Å². The summed E-state index contributed by atoms with van der Waals surface area (Å²) in [5, 5.41) is 18.9. The van der Waals surface area contributed by atoms with Crippen molar-refractivity contribution in [2.45, 2.75) is 24.4 Å². The summed E-state index contributed by atoms with van der Waals surface area (Å²) in [7, 11) is 1.50. The zero-order valence-electron chi connectivity index (χ0n) is 7.05. The summed E-state index contributed by atoms with van der Waals surface area (Å²) in [5.74, 6) is 0. The highest BCUT2D eigenvalue weighted by Gasteiger charge is 2.29. The highest BCUT2D eigenvalue weighted by Crippen LogP contribution is 2.18. The van der Waals surface area contributed by atoms with Crippen molar-refractivity contribution in [2.75, 3.05) is 19.6 Å². The van der Waals surface area contributed by atoms with E-state index in [2.05, 4.69) is 23.5 Å². The van der Waals surface area contributed by atoms with Gasteiger partial charge in [0.2, 0.25) is 0 Å². The van der Waals surface area contributed by atoms with Gasteiger partial charge in [-0.3, -0.25) is 4.90 Å². The molecule has 1 aliphatic rings. The molecular formula is C7H15NO2S2. The Labute approximate surface area is 81.9 Å². The van der Waals surface area contributed by atoms with E-state index in [9.17, 15) is 10.2 Å². The number of hydrogen-bond donors (Lipinski definition) is 3. The molecule has 1 unspecified atom stereocenters. The Morgan fingerprint density at radius 2 is 2.00 bits per heavy atom. The number of aliphatic hydroxyl groups is 2. The monoisotopic (exact) mass is 209 g/mol. The zero-order valence-corrected chi connectivity index (χ0v) is 8.76. The van der Waals surface area contributed by atoms with Gasteiger partial charge >= 0.3 is 0 Å². The number of β-amino-alcohol motifs (C(OH)–C–C–N with tert-alkyl or cyclic N) is 2. The van der Waals surface area contributed by atoms with Crippen molar-refractivity contribution in [2.24, 2.45) is 0 Å². The molecule has 1 fully saturated rings. The van der Waals surface area contributed by atoms with E-state index in [1.807, 2.05) is 0 Å². The molecule has 1 rings (SSSR count). The molecule has 0 amide bonds.